The van der Waals surface area contributed by atoms with Gasteiger partial charge in [-0.05, 0) is 23.6 Å². The molecular weight excluding hydrogens is 302 g/mol. The van der Waals surface area contributed by atoms with Crippen molar-refractivity contribution in [2.24, 2.45) is 5.92 Å². The highest BCUT2D eigenvalue weighted by molar-refractivity contribution is 6.31. The Kier molecular flexibility index (Phi) is 4.18. The maximum absolute atomic E-state index is 11.5. The molecule has 1 amide bonds. The van der Waals surface area contributed by atoms with Crippen molar-refractivity contribution in [1.29, 1.82) is 0 Å². The maximum Gasteiger partial charge on any atom is 0.220 e. The van der Waals surface area contributed by atoms with E-state index in [1.807, 2.05) is 29.2 Å². The van der Waals surface area contributed by atoms with Crippen LogP contribution < -0.4 is 10.2 Å². The van der Waals surface area contributed by atoms with Gasteiger partial charge in [0.05, 0.1) is 6.10 Å². The molecule has 1 aliphatic rings. The predicted octanol–water partition coefficient (Wildman–Crippen LogP) is 1.82. The van der Waals surface area contributed by atoms with Crippen molar-refractivity contribution < 1.29 is 9.90 Å². The van der Waals surface area contributed by atoms with Crippen molar-refractivity contribution in [2.75, 3.05) is 25.0 Å². The number of benzene rings is 1. The monoisotopic (exact) mass is 319 g/mol. The van der Waals surface area contributed by atoms with E-state index < -0.39 is 6.10 Å². The van der Waals surface area contributed by atoms with Crippen LogP contribution in [0.1, 0.15) is 6.42 Å². The molecule has 2 heterocycles. The molecule has 2 N–H and O–H groups in total. The standard InChI is InChI=1S/C16H18ClN3O2/c1-18-15(22)6-11-8-20(9-14(11)21)16-13-7-12(17)3-2-10(13)4-5-19-16/h2-5,7,11,14,21H,6,8-9H2,1H3,(H,18,22)/t11-,14-/m1/s1. The van der Waals surface area contributed by atoms with Gasteiger partial charge in [0.2, 0.25) is 5.91 Å². The number of fused-ring (bicyclic) bond motifs is 1. The predicted molar refractivity (Wildman–Crippen MR) is 87.1 cm³/mol. The molecule has 0 radical (unpaired) electrons. The minimum atomic E-state index is -0.534. The van der Waals surface area contributed by atoms with Crippen LogP contribution >= 0.6 is 11.6 Å². The molecule has 0 spiro atoms. The second-order valence-electron chi connectivity index (χ2n) is 5.61. The third-order valence-corrected chi connectivity index (χ3v) is 4.37. The van der Waals surface area contributed by atoms with E-state index in [9.17, 15) is 9.90 Å². The minimum Gasteiger partial charge on any atom is -0.391 e. The molecule has 1 saturated heterocycles. The van der Waals surface area contributed by atoms with Gasteiger partial charge in [-0.3, -0.25) is 4.79 Å². The number of nitrogens with zero attached hydrogens (tertiary/aromatic N) is 2. The topological polar surface area (TPSA) is 65.5 Å². The molecule has 1 aromatic heterocycles. The number of carbonyl (C=O) groups excluding carboxylic acids is 1. The zero-order valence-corrected chi connectivity index (χ0v) is 13.0. The lowest BCUT2D eigenvalue weighted by molar-refractivity contribution is -0.122. The van der Waals surface area contributed by atoms with Crippen LogP contribution in [0.4, 0.5) is 5.82 Å². The molecule has 0 saturated carbocycles. The first kappa shape index (κ1) is 15.1. The van der Waals surface area contributed by atoms with Gasteiger partial charge in [0.1, 0.15) is 5.82 Å². The number of pyridine rings is 1. The van der Waals surface area contributed by atoms with Gasteiger partial charge in [-0.15, -0.1) is 0 Å². The van der Waals surface area contributed by atoms with Crippen molar-refractivity contribution >= 4 is 34.1 Å². The summed E-state index contributed by atoms with van der Waals surface area (Å²) in [6.07, 6.45) is 1.54. The number of β-amino-alcohol motifs (C(OH)–C–C–N with tert-alkyl or cyclic N) is 1. The van der Waals surface area contributed by atoms with Gasteiger partial charge in [-0.2, -0.15) is 0 Å². The quantitative estimate of drug-likeness (QED) is 0.905. The number of aliphatic hydroxyl groups is 1. The molecule has 1 aliphatic heterocycles. The van der Waals surface area contributed by atoms with Gasteiger partial charge in [0.15, 0.2) is 0 Å². The van der Waals surface area contributed by atoms with Gasteiger partial charge in [-0.1, -0.05) is 17.7 Å². The van der Waals surface area contributed by atoms with E-state index in [4.69, 9.17) is 11.6 Å². The SMILES string of the molecule is CNC(=O)C[C@@H]1CN(c2nccc3ccc(Cl)cc23)C[C@H]1O. The largest absolute Gasteiger partial charge is 0.391 e. The van der Waals surface area contributed by atoms with Crippen LogP contribution in [0.2, 0.25) is 5.02 Å². The van der Waals surface area contributed by atoms with E-state index in [1.54, 1.807) is 13.2 Å². The minimum absolute atomic E-state index is 0.0557. The van der Waals surface area contributed by atoms with Crippen LogP contribution in [0.5, 0.6) is 0 Å². The Morgan fingerprint density at radius 2 is 2.27 bits per heavy atom. The number of nitrogens with one attached hydrogen (secondary N) is 1. The summed E-state index contributed by atoms with van der Waals surface area (Å²) < 4.78 is 0. The molecule has 0 bridgehead atoms. The van der Waals surface area contributed by atoms with Gasteiger partial charge in [0.25, 0.3) is 0 Å². The molecule has 2 aromatic rings. The third kappa shape index (κ3) is 2.87. The lowest BCUT2D eigenvalue weighted by atomic mass is 10.0. The van der Waals surface area contributed by atoms with E-state index in [-0.39, 0.29) is 11.8 Å². The molecule has 0 unspecified atom stereocenters. The molecule has 1 fully saturated rings. The first-order chi connectivity index (χ1) is 10.6. The van der Waals surface area contributed by atoms with Gasteiger partial charge in [0, 0.05) is 49.1 Å². The van der Waals surface area contributed by atoms with E-state index in [2.05, 4.69) is 10.3 Å². The Morgan fingerprint density at radius 3 is 3.05 bits per heavy atom. The smallest absolute Gasteiger partial charge is 0.220 e. The number of carbonyl (C=O) groups is 1. The average molecular weight is 320 g/mol. The number of aromatic nitrogens is 1. The Labute approximate surface area is 133 Å². The third-order valence-electron chi connectivity index (χ3n) is 4.14. The van der Waals surface area contributed by atoms with Crippen LogP contribution in [0.3, 0.4) is 0 Å². The first-order valence-electron chi connectivity index (χ1n) is 7.26. The second-order valence-corrected chi connectivity index (χ2v) is 6.05. The van der Waals surface area contributed by atoms with E-state index in [1.165, 1.54) is 0 Å². The summed E-state index contributed by atoms with van der Waals surface area (Å²) >= 11 is 6.09. The number of halogens is 1. The zero-order chi connectivity index (χ0) is 15.7. The number of anilines is 1. The van der Waals surface area contributed by atoms with Crippen LogP contribution in [-0.2, 0) is 4.79 Å². The Morgan fingerprint density at radius 1 is 1.45 bits per heavy atom. The molecule has 3 rings (SSSR count). The van der Waals surface area contributed by atoms with Crippen molar-refractivity contribution in [3.8, 4) is 0 Å². The van der Waals surface area contributed by atoms with Crippen LogP contribution in [0.15, 0.2) is 30.5 Å². The highest BCUT2D eigenvalue weighted by Crippen LogP contribution is 2.31. The van der Waals surface area contributed by atoms with E-state index in [0.717, 1.165) is 16.6 Å². The molecular formula is C16H18ClN3O2. The van der Waals surface area contributed by atoms with Crippen molar-refractivity contribution in [1.82, 2.24) is 10.3 Å². The summed E-state index contributed by atoms with van der Waals surface area (Å²) in [6, 6.07) is 7.62. The van der Waals surface area contributed by atoms with Crippen molar-refractivity contribution in [3.63, 3.8) is 0 Å². The zero-order valence-electron chi connectivity index (χ0n) is 12.3. The lowest BCUT2D eigenvalue weighted by Crippen LogP contribution is -2.27. The van der Waals surface area contributed by atoms with Gasteiger partial charge in [-0.25, -0.2) is 4.98 Å². The lowest BCUT2D eigenvalue weighted by Gasteiger charge is -2.19. The summed E-state index contributed by atoms with van der Waals surface area (Å²) in [6.45, 7) is 1.08. The highest BCUT2D eigenvalue weighted by atomic mass is 35.5. The Bertz CT molecular complexity index is 707. The Hall–Kier alpha value is -1.85. The molecule has 6 heteroatoms. The first-order valence-corrected chi connectivity index (χ1v) is 7.64. The van der Waals surface area contributed by atoms with Gasteiger partial charge >= 0.3 is 0 Å². The average Bonchev–Trinajstić information content (AvgIpc) is 2.87. The molecule has 5 nitrogen and oxygen atoms in total. The number of rotatable bonds is 3. The van der Waals surface area contributed by atoms with E-state index in [0.29, 0.717) is 24.5 Å². The fraction of sp³-hybridized carbons (Fsp3) is 0.375. The normalized spacial score (nSPS) is 21.3. The van der Waals surface area contributed by atoms with Crippen molar-refractivity contribution in [2.45, 2.75) is 12.5 Å². The van der Waals surface area contributed by atoms with E-state index >= 15 is 0 Å². The maximum atomic E-state index is 11.5. The number of hydrogen-bond donors (Lipinski definition) is 2. The number of hydrogen-bond acceptors (Lipinski definition) is 4. The Balaban J connectivity index is 1.89. The molecule has 116 valence electrons. The number of aliphatic hydroxyl groups excluding tert-OH is 1. The van der Waals surface area contributed by atoms with Crippen molar-refractivity contribution in [3.05, 3.63) is 35.5 Å². The number of amides is 1. The summed E-state index contributed by atoms with van der Waals surface area (Å²) in [4.78, 5) is 18.0. The molecule has 1 aromatic carbocycles. The summed E-state index contributed by atoms with van der Waals surface area (Å²) in [5, 5.41) is 15.5. The van der Waals surface area contributed by atoms with Crippen LogP contribution in [0, 0.1) is 5.92 Å². The molecule has 0 aliphatic carbocycles. The summed E-state index contributed by atoms with van der Waals surface area (Å²) in [5.41, 5.74) is 0. The highest BCUT2D eigenvalue weighted by Gasteiger charge is 2.33. The summed E-state index contributed by atoms with van der Waals surface area (Å²) in [5.74, 6) is 0.662. The second kappa shape index (κ2) is 6.10. The van der Waals surface area contributed by atoms with Crippen LogP contribution in [-0.4, -0.2) is 42.2 Å². The molecule has 2 atom stereocenters. The molecule has 22 heavy (non-hydrogen) atoms. The van der Waals surface area contributed by atoms with Crippen LogP contribution in [0.25, 0.3) is 10.8 Å². The fourth-order valence-electron chi connectivity index (χ4n) is 2.95. The fourth-order valence-corrected chi connectivity index (χ4v) is 3.12. The summed E-state index contributed by atoms with van der Waals surface area (Å²) in [7, 11) is 1.61. The van der Waals surface area contributed by atoms with Gasteiger partial charge < -0.3 is 15.3 Å².